The minimum absolute atomic E-state index is 0.0824. The second-order valence-corrected chi connectivity index (χ2v) is 8.94. The summed E-state index contributed by atoms with van der Waals surface area (Å²) in [5.74, 6) is 7.09. The summed E-state index contributed by atoms with van der Waals surface area (Å²) in [7, 11) is 1.67. The highest BCUT2D eigenvalue weighted by atomic mass is 16.1. The molecule has 2 heterocycles. The average Bonchev–Trinajstić information content (AvgIpc) is 3.28. The molecule has 5 rings (SSSR count). The minimum atomic E-state index is -0.595. The van der Waals surface area contributed by atoms with E-state index in [0.29, 0.717) is 35.2 Å². The molecule has 0 unspecified atom stereocenters. The predicted octanol–water partition coefficient (Wildman–Crippen LogP) is 4.05. The van der Waals surface area contributed by atoms with Gasteiger partial charge in [-0.15, -0.1) is 6.58 Å². The third kappa shape index (κ3) is 6.34. The van der Waals surface area contributed by atoms with Crippen LogP contribution in [0, 0.1) is 11.8 Å². The molecule has 9 heteroatoms. The van der Waals surface area contributed by atoms with Crippen LogP contribution in [0.5, 0.6) is 0 Å². The van der Waals surface area contributed by atoms with Gasteiger partial charge in [0.15, 0.2) is 5.82 Å². The fourth-order valence-electron chi connectivity index (χ4n) is 4.28. The largest absolute Gasteiger partial charge is 0.381 e. The Morgan fingerprint density at radius 1 is 1.02 bits per heavy atom. The van der Waals surface area contributed by atoms with Crippen molar-refractivity contribution in [3.05, 3.63) is 124 Å². The monoisotopic (exact) mass is 545 g/mol. The highest BCUT2D eigenvalue weighted by Crippen LogP contribution is 2.20. The van der Waals surface area contributed by atoms with Gasteiger partial charge in [-0.25, -0.2) is 4.98 Å². The van der Waals surface area contributed by atoms with Crippen molar-refractivity contribution in [2.24, 2.45) is 12.8 Å². The fourth-order valence-corrected chi connectivity index (χ4v) is 4.28. The topological polar surface area (TPSA) is 134 Å². The van der Waals surface area contributed by atoms with Crippen molar-refractivity contribution < 1.29 is 4.79 Å². The zero-order chi connectivity index (χ0) is 29.4. The van der Waals surface area contributed by atoms with E-state index >= 15 is 0 Å². The SMILES string of the molecule is C=CCNc1c(C(N)=O)c(N)nn1C.CCc1nc2cccc(C#Cc3ccccc3)c2c(=O)n1-c1ccccc1. The molecular formula is C32H31N7O2. The number of nitrogens with zero attached hydrogens (tertiary/aromatic N) is 4. The van der Waals surface area contributed by atoms with Crippen LogP contribution in [-0.2, 0) is 13.5 Å². The summed E-state index contributed by atoms with van der Waals surface area (Å²) >= 11 is 0. The maximum atomic E-state index is 13.4. The molecule has 0 spiro atoms. The van der Waals surface area contributed by atoms with E-state index in [1.54, 1.807) is 17.7 Å². The summed E-state index contributed by atoms with van der Waals surface area (Å²) in [5.41, 5.74) is 13.9. The summed E-state index contributed by atoms with van der Waals surface area (Å²) in [4.78, 5) is 29.2. The number of benzene rings is 3. The lowest BCUT2D eigenvalue weighted by Crippen LogP contribution is -2.24. The molecular weight excluding hydrogens is 514 g/mol. The van der Waals surface area contributed by atoms with Crippen LogP contribution in [0.15, 0.2) is 96.3 Å². The third-order valence-electron chi connectivity index (χ3n) is 6.15. The molecule has 0 aliphatic heterocycles. The van der Waals surface area contributed by atoms with Crippen molar-refractivity contribution in [2.45, 2.75) is 13.3 Å². The highest BCUT2D eigenvalue weighted by molar-refractivity contribution is 6.02. The van der Waals surface area contributed by atoms with E-state index in [-0.39, 0.29) is 16.9 Å². The summed E-state index contributed by atoms with van der Waals surface area (Å²) in [6, 6.07) is 25.0. The number of nitrogens with two attached hydrogens (primary N) is 2. The Bertz CT molecular complexity index is 1810. The first-order chi connectivity index (χ1) is 19.8. The number of hydrogen-bond acceptors (Lipinski definition) is 6. The van der Waals surface area contributed by atoms with Crippen molar-refractivity contribution >= 4 is 28.4 Å². The molecule has 1 amide bonds. The number of para-hydroxylation sites is 1. The molecule has 5 aromatic rings. The quantitative estimate of drug-likeness (QED) is 0.218. The lowest BCUT2D eigenvalue weighted by molar-refractivity contribution is 0.100. The number of rotatable bonds is 6. The van der Waals surface area contributed by atoms with Gasteiger partial charge < -0.3 is 16.8 Å². The van der Waals surface area contributed by atoms with Crippen LogP contribution >= 0.6 is 0 Å². The Kier molecular flexibility index (Phi) is 8.97. The van der Waals surface area contributed by atoms with E-state index in [0.717, 1.165) is 17.1 Å². The number of nitrogen functional groups attached to an aromatic ring is 1. The number of carbonyl (C=O) groups excluding carboxylic acids is 1. The van der Waals surface area contributed by atoms with Crippen molar-refractivity contribution in [2.75, 3.05) is 17.6 Å². The molecule has 0 saturated heterocycles. The van der Waals surface area contributed by atoms with Gasteiger partial charge in [-0.05, 0) is 36.4 Å². The number of anilines is 2. The van der Waals surface area contributed by atoms with Crippen molar-refractivity contribution in [3.63, 3.8) is 0 Å². The standard InChI is InChI=1S/C24H18N2O.C8H13N5O/c1-2-22-25-21-15-9-12-19(17-16-18-10-5-3-6-11-18)23(21)24(27)26(22)20-13-7-4-8-14-20;1-3-4-11-8-5(7(10)14)6(9)12-13(8)2/h3-15H,2H2,1H3;3,11H,1,4H2,2H3,(H2,9,12)(H2,10,14). The Balaban J connectivity index is 0.000000234. The number of primary amides is 1. The second-order valence-electron chi connectivity index (χ2n) is 8.94. The Labute approximate surface area is 238 Å². The zero-order valence-electron chi connectivity index (χ0n) is 23.0. The third-order valence-corrected chi connectivity index (χ3v) is 6.15. The number of amides is 1. The molecule has 41 heavy (non-hydrogen) atoms. The first-order valence-corrected chi connectivity index (χ1v) is 13.0. The molecule has 0 atom stereocenters. The summed E-state index contributed by atoms with van der Waals surface area (Å²) in [6.07, 6.45) is 2.33. The average molecular weight is 546 g/mol. The molecule has 2 aromatic heterocycles. The smallest absolute Gasteiger partial charge is 0.267 e. The Morgan fingerprint density at radius 2 is 1.71 bits per heavy atom. The summed E-state index contributed by atoms with van der Waals surface area (Å²) < 4.78 is 3.16. The van der Waals surface area contributed by atoms with Gasteiger partial charge in [0.05, 0.1) is 16.6 Å². The number of hydrogen-bond donors (Lipinski definition) is 3. The van der Waals surface area contributed by atoms with Crippen molar-refractivity contribution in [3.8, 4) is 17.5 Å². The van der Waals surface area contributed by atoms with Gasteiger partial charge in [-0.3, -0.25) is 18.8 Å². The molecule has 3 aromatic carbocycles. The van der Waals surface area contributed by atoms with Crippen LogP contribution in [0.25, 0.3) is 16.6 Å². The predicted molar refractivity (Wildman–Crippen MR) is 164 cm³/mol. The number of aryl methyl sites for hydroxylation is 2. The second kappa shape index (κ2) is 13.0. The van der Waals surface area contributed by atoms with Crippen LogP contribution in [-0.4, -0.2) is 31.8 Å². The molecule has 0 aliphatic carbocycles. The highest BCUT2D eigenvalue weighted by Gasteiger charge is 2.18. The van der Waals surface area contributed by atoms with Gasteiger partial charge in [0, 0.05) is 31.1 Å². The van der Waals surface area contributed by atoms with Crippen LogP contribution in [0.3, 0.4) is 0 Å². The van der Waals surface area contributed by atoms with E-state index in [4.69, 9.17) is 16.5 Å². The lowest BCUT2D eigenvalue weighted by atomic mass is 10.1. The van der Waals surface area contributed by atoms with Crippen LogP contribution in [0.1, 0.15) is 34.2 Å². The van der Waals surface area contributed by atoms with Gasteiger partial charge in [0.25, 0.3) is 11.5 Å². The Morgan fingerprint density at radius 3 is 2.34 bits per heavy atom. The summed E-state index contributed by atoms with van der Waals surface area (Å²) in [6.45, 7) is 6.07. The number of aromatic nitrogens is 4. The minimum Gasteiger partial charge on any atom is -0.381 e. The maximum Gasteiger partial charge on any atom is 0.267 e. The fraction of sp³-hybridized carbons (Fsp3) is 0.125. The molecule has 0 aliphatic rings. The van der Waals surface area contributed by atoms with E-state index in [1.807, 2.05) is 85.8 Å². The van der Waals surface area contributed by atoms with Crippen molar-refractivity contribution in [1.82, 2.24) is 19.3 Å². The molecule has 0 bridgehead atoms. The van der Waals surface area contributed by atoms with E-state index in [9.17, 15) is 9.59 Å². The van der Waals surface area contributed by atoms with Crippen LogP contribution < -0.4 is 22.3 Å². The summed E-state index contributed by atoms with van der Waals surface area (Å²) in [5, 5.41) is 7.37. The van der Waals surface area contributed by atoms with Gasteiger partial charge in [0.2, 0.25) is 0 Å². The van der Waals surface area contributed by atoms with E-state index in [1.165, 1.54) is 4.68 Å². The van der Waals surface area contributed by atoms with Gasteiger partial charge >= 0.3 is 0 Å². The van der Waals surface area contributed by atoms with Crippen LogP contribution in [0.2, 0.25) is 0 Å². The van der Waals surface area contributed by atoms with E-state index in [2.05, 4.69) is 28.8 Å². The van der Waals surface area contributed by atoms with E-state index < -0.39 is 5.91 Å². The van der Waals surface area contributed by atoms with Crippen molar-refractivity contribution in [1.29, 1.82) is 0 Å². The molecule has 0 saturated carbocycles. The first-order valence-electron chi connectivity index (χ1n) is 13.0. The zero-order valence-corrected chi connectivity index (χ0v) is 23.0. The molecule has 9 nitrogen and oxygen atoms in total. The normalized spacial score (nSPS) is 10.2. The van der Waals surface area contributed by atoms with Crippen LogP contribution in [0.4, 0.5) is 11.6 Å². The maximum absolute atomic E-state index is 13.4. The molecule has 5 N–H and O–H groups in total. The number of carbonyl (C=O) groups is 1. The van der Waals surface area contributed by atoms with Gasteiger partial charge in [0.1, 0.15) is 17.2 Å². The molecule has 206 valence electrons. The molecule has 0 fully saturated rings. The van der Waals surface area contributed by atoms with Gasteiger partial charge in [-0.2, -0.15) is 5.10 Å². The lowest BCUT2D eigenvalue weighted by Gasteiger charge is -2.13. The molecule has 0 radical (unpaired) electrons. The number of fused-ring (bicyclic) bond motifs is 1. The number of nitrogens with one attached hydrogen (secondary N) is 1. The van der Waals surface area contributed by atoms with Gasteiger partial charge in [-0.1, -0.05) is 67.3 Å². The Hall–Kier alpha value is -5.62. The first kappa shape index (κ1) is 28.4.